The maximum absolute atomic E-state index is 13.3. The second-order valence-electron chi connectivity index (χ2n) is 4.64. The summed E-state index contributed by atoms with van der Waals surface area (Å²) in [6.45, 7) is -0.0294. The van der Waals surface area contributed by atoms with E-state index in [9.17, 15) is 17.6 Å². The van der Waals surface area contributed by atoms with Gasteiger partial charge in [0.1, 0.15) is 11.3 Å². The second kappa shape index (κ2) is 3.93. The monoisotopic (exact) mass is 274 g/mol. The van der Waals surface area contributed by atoms with Crippen LogP contribution in [0.3, 0.4) is 0 Å². The molecule has 0 spiro atoms. The van der Waals surface area contributed by atoms with Gasteiger partial charge >= 0.3 is 6.18 Å². The molecule has 0 amide bonds. The van der Waals surface area contributed by atoms with Crippen LogP contribution in [0, 0.1) is 5.82 Å². The highest BCUT2D eigenvalue weighted by atomic mass is 19.4. The normalized spacial score (nSPS) is 24.2. The summed E-state index contributed by atoms with van der Waals surface area (Å²) in [4.78, 5) is 3.88. The van der Waals surface area contributed by atoms with Crippen LogP contribution in [-0.2, 0) is 5.41 Å². The van der Waals surface area contributed by atoms with E-state index in [2.05, 4.69) is 10.3 Å². The highest BCUT2D eigenvalue weighted by Crippen LogP contribution is 2.45. The van der Waals surface area contributed by atoms with Gasteiger partial charge in [-0.05, 0) is 25.1 Å². The molecule has 1 aliphatic rings. The minimum atomic E-state index is -4.46. The zero-order valence-electron chi connectivity index (χ0n) is 9.72. The third-order valence-corrected chi connectivity index (χ3v) is 3.46. The van der Waals surface area contributed by atoms with Crippen molar-refractivity contribution in [3.05, 3.63) is 29.9 Å². The number of benzene rings is 1. The molecule has 1 N–H and O–H groups in total. The summed E-state index contributed by atoms with van der Waals surface area (Å²) in [5, 5.41) is 2.68. The number of rotatable bonds is 1. The molecule has 3 nitrogen and oxygen atoms in total. The Morgan fingerprint density at radius 1 is 1.32 bits per heavy atom. The van der Waals surface area contributed by atoms with Gasteiger partial charge in [-0.25, -0.2) is 9.37 Å². The molecule has 1 saturated heterocycles. The van der Waals surface area contributed by atoms with Crippen LogP contribution in [0.25, 0.3) is 11.1 Å². The Morgan fingerprint density at radius 2 is 2.11 bits per heavy atom. The van der Waals surface area contributed by atoms with Crippen LogP contribution in [-0.4, -0.2) is 24.2 Å². The molecule has 1 aliphatic heterocycles. The van der Waals surface area contributed by atoms with Gasteiger partial charge in [0.05, 0.1) is 0 Å². The summed E-state index contributed by atoms with van der Waals surface area (Å²) >= 11 is 0. The number of aromatic nitrogens is 1. The Morgan fingerprint density at radius 3 is 2.74 bits per heavy atom. The number of alkyl halides is 3. The molecule has 3 rings (SSSR count). The maximum Gasteiger partial charge on any atom is 0.404 e. The van der Waals surface area contributed by atoms with Gasteiger partial charge in [-0.3, -0.25) is 0 Å². The molecule has 1 atom stereocenters. The van der Waals surface area contributed by atoms with Crippen molar-refractivity contribution in [1.29, 1.82) is 0 Å². The molecule has 1 aromatic carbocycles. The number of oxazole rings is 1. The minimum absolute atomic E-state index is 0.0329. The molecule has 1 fully saturated rings. The van der Waals surface area contributed by atoms with Crippen LogP contribution < -0.4 is 5.32 Å². The molecular formula is C12H10F4N2O. The fraction of sp³-hybridized carbons (Fsp3) is 0.417. The first-order valence-corrected chi connectivity index (χ1v) is 5.76. The first-order chi connectivity index (χ1) is 8.92. The molecule has 0 radical (unpaired) electrons. The molecule has 7 heteroatoms. The van der Waals surface area contributed by atoms with Crippen molar-refractivity contribution in [2.75, 3.05) is 13.1 Å². The highest BCUT2D eigenvalue weighted by Gasteiger charge is 2.60. The van der Waals surface area contributed by atoms with Crippen LogP contribution in [0.5, 0.6) is 0 Å². The third kappa shape index (κ3) is 1.80. The predicted octanol–water partition coefficient (Wildman–Crippen LogP) is 2.76. The van der Waals surface area contributed by atoms with E-state index in [-0.39, 0.29) is 30.6 Å². The average molecular weight is 274 g/mol. The molecule has 2 aromatic rings. The van der Waals surface area contributed by atoms with Crippen molar-refractivity contribution < 1.29 is 22.0 Å². The highest BCUT2D eigenvalue weighted by molar-refractivity contribution is 5.72. The Labute approximate surface area is 105 Å². The first kappa shape index (κ1) is 12.4. The van der Waals surface area contributed by atoms with E-state index in [4.69, 9.17) is 4.42 Å². The van der Waals surface area contributed by atoms with Gasteiger partial charge in [0, 0.05) is 12.6 Å². The summed E-state index contributed by atoms with van der Waals surface area (Å²) in [5.41, 5.74) is -1.86. The van der Waals surface area contributed by atoms with Gasteiger partial charge in [-0.15, -0.1) is 0 Å². The van der Waals surface area contributed by atoms with E-state index in [0.717, 1.165) is 12.1 Å². The fourth-order valence-corrected chi connectivity index (χ4v) is 2.34. The van der Waals surface area contributed by atoms with Crippen LogP contribution >= 0.6 is 0 Å². The molecule has 0 saturated carbocycles. The van der Waals surface area contributed by atoms with Crippen LogP contribution in [0.1, 0.15) is 12.3 Å². The lowest BCUT2D eigenvalue weighted by molar-refractivity contribution is -0.190. The fourth-order valence-electron chi connectivity index (χ4n) is 2.34. The Bertz CT molecular complexity index is 614. The lowest BCUT2D eigenvalue weighted by Gasteiger charge is -2.27. The number of nitrogens with one attached hydrogen (secondary N) is 1. The van der Waals surface area contributed by atoms with E-state index < -0.39 is 23.3 Å². The lowest BCUT2D eigenvalue weighted by Crippen LogP contribution is -2.44. The zero-order valence-corrected chi connectivity index (χ0v) is 9.72. The smallest absolute Gasteiger partial charge is 0.404 e. The summed E-state index contributed by atoms with van der Waals surface area (Å²) in [7, 11) is 0. The van der Waals surface area contributed by atoms with Crippen molar-refractivity contribution in [2.45, 2.75) is 18.0 Å². The molecule has 102 valence electrons. The van der Waals surface area contributed by atoms with Gasteiger partial charge in [0.25, 0.3) is 0 Å². The summed E-state index contributed by atoms with van der Waals surface area (Å²) in [6.07, 6.45) is -4.60. The number of hydrogen-bond acceptors (Lipinski definition) is 3. The molecule has 1 unspecified atom stereocenters. The van der Waals surface area contributed by atoms with Crippen molar-refractivity contribution >= 4 is 11.1 Å². The van der Waals surface area contributed by atoms with E-state index >= 15 is 0 Å². The summed E-state index contributed by atoms with van der Waals surface area (Å²) in [5.74, 6) is -0.966. The van der Waals surface area contributed by atoms with E-state index in [1.165, 1.54) is 6.07 Å². The number of nitrogens with zero attached hydrogens (tertiary/aromatic N) is 1. The molecule has 2 heterocycles. The molecule has 19 heavy (non-hydrogen) atoms. The van der Waals surface area contributed by atoms with Gasteiger partial charge in [0.15, 0.2) is 11.0 Å². The Balaban J connectivity index is 2.16. The molecule has 0 bridgehead atoms. The van der Waals surface area contributed by atoms with Crippen molar-refractivity contribution in [1.82, 2.24) is 10.3 Å². The van der Waals surface area contributed by atoms with Gasteiger partial charge < -0.3 is 9.73 Å². The van der Waals surface area contributed by atoms with Gasteiger partial charge in [-0.2, -0.15) is 13.2 Å². The third-order valence-electron chi connectivity index (χ3n) is 3.46. The topological polar surface area (TPSA) is 38.1 Å². The van der Waals surface area contributed by atoms with Gasteiger partial charge in [-0.1, -0.05) is 0 Å². The van der Waals surface area contributed by atoms with E-state index in [1.54, 1.807) is 0 Å². The predicted molar refractivity (Wildman–Crippen MR) is 59.2 cm³/mol. The van der Waals surface area contributed by atoms with Crippen LogP contribution in [0.4, 0.5) is 17.6 Å². The molecular weight excluding hydrogens is 264 g/mol. The zero-order chi connectivity index (χ0) is 13.7. The van der Waals surface area contributed by atoms with Crippen molar-refractivity contribution in [3.63, 3.8) is 0 Å². The minimum Gasteiger partial charge on any atom is -0.440 e. The number of halogens is 4. The Kier molecular flexibility index (Phi) is 2.57. The van der Waals surface area contributed by atoms with Crippen molar-refractivity contribution in [2.24, 2.45) is 0 Å². The summed E-state index contributed by atoms with van der Waals surface area (Å²) < 4.78 is 58.1. The van der Waals surface area contributed by atoms with Crippen molar-refractivity contribution in [3.8, 4) is 0 Å². The van der Waals surface area contributed by atoms with E-state index in [1.807, 2.05) is 0 Å². The Hall–Kier alpha value is -1.63. The quantitative estimate of drug-likeness (QED) is 0.813. The second-order valence-corrected chi connectivity index (χ2v) is 4.64. The lowest BCUT2D eigenvalue weighted by atomic mass is 9.86. The first-order valence-electron chi connectivity index (χ1n) is 5.76. The molecule has 1 aromatic heterocycles. The van der Waals surface area contributed by atoms with Crippen LogP contribution in [0.2, 0.25) is 0 Å². The maximum atomic E-state index is 13.3. The number of fused-ring (bicyclic) bond motifs is 1. The summed E-state index contributed by atoms with van der Waals surface area (Å²) in [6, 6.07) is 3.49. The number of hydrogen-bond donors (Lipinski definition) is 1. The SMILES string of the molecule is Fc1ccc2nc(C3(C(F)(F)F)CCNC3)oc2c1. The van der Waals surface area contributed by atoms with E-state index in [0.29, 0.717) is 0 Å². The molecule has 0 aliphatic carbocycles. The standard InChI is InChI=1S/C12H10F4N2O/c13-7-1-2-8-9(5-7)19-10(18-8)11(12(14,15)16)3-4-17-6-11/h1-2,5,17H,3-4,6H2. The van der Waals surface area contributed by atoms with Gasteiger partial charge in [0.2, 0.25) is 5.89 Å². The van der Waals surface area contributed by atoms with Crippen LogP contribution in [0.15, 0.2) is 22.6 Å². The average Bonchev–Trinajstić information content (AvgIpc) is 2.93. The largest absolute Gasteiger partial charge is 0.440 e.